The van der Waals surface area contributed by atoms with Crippen LogP contribution in [0.1, 0.15) is 23.2 Å². The van der Waals surface area contributed by atoms with Crippen LogP contribution >= 0.6 is 0 Å². The second-order valence-corrected chi connectivity index (χ2v) is 7.83. The zero-order valence-electron chi connectivity index (χ0n) is 18.1. The third-order valence-corrected chi connectivity index (χ3v) is 5.70. The summed E-state index contributed by atoms with van der Waals surface area (Å²) in [5.41, 5.74) is 0.0840. The van der Waals surface area contributed by atoms with Gasteiger partial charge in [-0.25, -0.2) is 14.4 Å². The first kappa shape index (κ1) is 21.5. The summed E-state index contributed by atoms with van der Waals surface area (Å²) >= 11 is 0. The number of aliphatic hydroxyl groups excluding tert-OH is 1. The number of pyridine rings is 2. The number of nitrogens with zero attached hydrogens (tertiary/aromatic N) is 5. The molecule has 1 saturated carbocycles. The molecule has 4 N–H and O–H groups in total. The minimum atomic E-state index is -0.634. The smallest absolute Gasteiger partial charge is 0.280 e. The first-order valence-electron chi connectivity index (χ1n) is 10.6. The Bertz CT molecular complexity index is 1450. The van der Waals surface area contributed by atoms with Crippen molar-refractivity contribution in [1.29, 1.82) is 0 Å². The average molecular weight is 464 g/mol. The van der Waals surface area contributed by atoms with E-state index in [1.807, 2.05) is 0 Å². The third kappa shape index (κ3) is 3.73. The van der Waals surface area contributed by atoms with Crippen molar-refractivity contribution < 1.29 is 14.3 Å². The van der Waals surface area contributed by atoms with Gasteiger partial charge in [0.15, 0.2) is 17.3 Å². The monoisotopic (exact) mass is 464 g/mol. The Labute approximate surface area is 192 Å². The summed E-state index contributed by atoms with van der Waals surface area (Å²) in [4.78, 5) is 34.2. The van der Waals surface area contributed by atoms with Gasteiger partial charge in [0.25, 0.3) is 11.5 Å². The quantitative estimate of drug-likeness (QED) is 0.336. The Morgan fingerprint density at radius 1 is 1.26 bits per heavy atom. The van der Waals surface area contributed by atoms with Gasteiger partial charge in [0.05, 0.1) is 18.3 Å². The highest BCUT2D eigenvalue weighted by molar-refractivity contribution is 6.00. The molecule has 11 nitrogen and oxygen atoms in total. The lowest BCUT2D eigenvalue weighted by molar-refractivity contribution is 0.0448. The number of aromatic nitrogens is 5. The van der Waals surface area contributed by atoms with Gasteiger partial charge >= 0.3 is 0 Å². The fourth-order valence-corrected chi connectivity index (χ4v) is 3.71. The number of aliphatic hydroxyl groups is 1. The number of nitrogens with one attached hydrogen (secondary N) is 3. The van der Waals surface area contributed by atoms with E-state index in [1.54, 1.807) is 19.2 Å². The van der Waals surface area contributed by atoms with Crippen molar-refractivity contribution in [1.82, 2.24) is 29.5 Å². The zero-order valence-corrected chi connectivity index (χ0v) is 18.1. The van der Waals surface area contributed by atoms with E-state index in [4.69, 9.17) is 0 Å². The van der Waals surface area contributed by atoms with Crippen molar-refractivity contribution in [2.75, 3.05) is 17.7 Å². The number of fused-ring (bicyclic) bond motifs is 1. The molecule has 0 bridgehead atoms. The van der Waals surface area contributed by atoms with E-state index in [2.05, 4.69) is 31.0 Å². The lowest BCUT2D eigenvalue weighted by Gasteiger charge is -2.32. The van der Waals surface area contributed by atoms with Crippen LogP contribution in [0, 0.1) is 5.82 Å². The van der Waals surface area contributed by atoms with Crippen LogP contribution in [0.4, 0.5) is 21.7 Å². The number of amides is 1. The highest BCUT2D eigenvalue weighted by Crippen LogP contribution is 2.23. The van der Waals surface area contributed by atoms with Gasteiger partial charge in [-0.1, -0.05) is 0 Å². The van der Waals surface area contributed by atoms with Crippen molar-refractivity contribution >= 4 is 28.9 Å². The molecule has 4 heterocycles. The molecule has 0 aromatic carbocycles. The summed E-state index contributed by atoms with van der Waals surface area (Å²) in [5.74, 6) is -0.375. The molecule has 12 heteroatoms. The Balaban J connectivity index is 1.51. The molecule has 1 fully saturated rings. The summed E-state index contributed by atoms with van der Waals surface area (Å²) in [7, 11) is 1.68. The predicted molar refractivity (Wildman–Crippen MR) is 122 cm³/mol. The predicted octanol–water partition coefficient (Wildman–Crippen LogP) is 1.45. The van der Waals surface area contributed by atoms with Crippen molar-refractivity contribution in [3.63, 3.8) is 0 Å². The number of halogens is 1. The van der Waals surface area contributed by atoms with Gasteiger partial charge in [-0.05, 0) is 37.1 Å². The van der Waals surface area contributed by atoms with Crippen LogP contribution in [0.2, 0.25) is 0 Å². The van der Waals surface area contributed by atoms with E-state index < -0.39 is 23.4 Å². The summed E-state index contributed by atoms with van der Waals surface area (Å²) < 4.78 is 16.7. The molecule has 4 aromatic heterocycles. The molecule has 1 amide bonds. The van der Waals surface area contributed by atoms with Crippen LogP contribution in [-0.2, 0) is 0 Å². The van der Waals surface area contributed by atoms with Crippen LogP contribution in [0.3, 0.4) is 0 Å². The maximum Gasteiger partial charge on any atom is 0.280 e. The Morgan fingerprint density at radius 3 is 2.82 bits per heavy atom. The van der Waals surface area contributed by atoms with Crippen LogP contribution in [0.5, 0.6) is 0 Å². The average Bonchev–Trinajstić information content (AvgIpc) is 3.27. The van der Waals surface area contributed by atoms with Gasteiger partial charge in [-0.3, -0.25) is 14.2 Å². The van der Waals surface area contributed by atoms with Gasteiger partial charge in [-0.15, -0.1) is 0 Å². The fraction of sp³-hybridized carbons (Fsp3) is 0.227. The molecule has 1 aliphatic carbocycles. The van der Waals surface area contributed by atoms with E-state index in [9.17, 15) is 19.1 Å². The van der Waals surface area contributed by atoms with E-state index in [1.165, 1.54) is 41.3 Å². The highest BCUT2D eigenvalue weighted by Gasteiger charge is 2.31. The van der Waals surface area contributed by atoms with Crippen molar-refractivity contribution in [3.8, 4) is 5.82 Å². The van der Waals surface area contributed by atoms with Crippen LogP contribution in [-0.4, -0.2) is 54.4 Å². The summed E-state index contributed by atoms with van der Waals surface area (Å²) in [6.45, 7) is 0. The first-order chi connectivity index (χ1) is 16.5. The zero-order chi connectivity index (χ0) is 23.8. The van der Waals surface area contributed by atoms with Crippen LogP contribution < -0.4 is 21.5 Å². The normalized spacial score (nSPS) is 17.3. The van der Waals surface area contributed by atoms with Gasteiger partial charge in [0, 0.05) is 25.5 Å². The van der Waals surface area contributed by atoms with E-state index in [0.717, 1.165) is 4.57 Å². The molecule has 34 heavy (non-hydrogen) atoms. The van der Waals surface area contributed by atoms with E-state index in [0.29, 0.717) is 18.7 Å². The fourth-order valence-electron chi connectivity index (χ4n) is 3.71. The molecular weight excluding hydrogens is 443 g/mol. The first-order valence-corrected chi connectivity index (χ1v) is 10.6. The molecule has 5 rings (SSSR count). The molecule has 0 radical (unpaired) electrons. The summed E-state index contributed by atoms with van der Waals surface area (Å²) in [5, 5.41) is 22.7. The number of carbonyl (C=O) groups is 1. The number of hydrogen-bond acceptors (Lipinski definition) is 8. The highest BCUT2D eigenvalue weighted by atomic mass is 19.1. The standard InChI is InChI=1S/C22H21FN8O3/c1-24-18-10-17(27-15-5-3-9-30(22(15)34)20-13(23)4-2-8-25-20)29-19-12(11-26-31(18)19)21(33)28-14-6-7-16(14)32/h2-5,8-11,14,16,24,32H,6-7H2,1H3,(H,27,29)(H,28,33)/t14-,16+/m0/s1. The lowest BCUT2D eigenvalue weighted by atomic mass is 9.89. The summed E-state index contributed by atoms with van der Waals surface area (Å²) in [6, 6.07) is 7.09. The molecule has 2 atom stereocenters. The topological polar surface area (TPSA) is 138 Å². The Kier molecular flexibility index (Phi) is 5.42. The van der Waals surface area contributed by atoms with Gasteiger partial charge < -0.3 is 21.1 Å². The van der Waals surface area contributed by atoms with Gasteiger partial charge in [0.2, 0.25) is 0 Å². The maximum absolute atomic E-state index is 14.2. The number of anilines is 3. The van der Waals surface area contributed by atoms with Gasteiger partial charge in [-0.2, -0.15) is 9.61 Å². The van der Waals surface area contributed by atoms with Crippen LogP contribution in [0.15, 0.2) is 53.7 Å². The number of rotatable bonds is 6. The number of carbonyl (C=O) groups excluding carboxylic acids is 1. The molecule has 0 saturated heterocycles. The van der Waals surface area contributed by atoms with E-state index >= 15 is 0 Å². The second-order valence-electron chi connectivity index (χ2n) is 7.83. The van der Waals surface area contributed by atoms with Gasteiger partial charge in [0.1, 0.15) is 22.9 Å². The van der Waals surface area contributed by atoms with Crippen molar-refractivity contribution in [3.05, 3.63) is 70.7 Å². The molecule has 0 aliphatic heterocycles. The second kappa shape index (κ2) is 8.56. The molecule has 0 spiro atoms. The van der Waals surface area contributed by atoms with Crippen molar-refractivity contribution in [2.24, 2.45) is 0 Å². The SMILES string of the molecule is CNc1cc(Nc2cccn(-c3ncccc3F)c2=O)nc2c(C(=O)N[C@H]3CC[C@H]3O)cnn12. The Morgan fingerprint density at radius 2 is 2.12 bits per heavy atom. The minimum absolute atomic E-state index is 0.122. The largest absolute Gasteiger partial charge is 0.391 e. The van der Waals surface area contributed by atoms with E-state index in [-0.39, 0.29) is 34.6 Å². The number of hydrogen-bond donors (Lipinski definition) is 4. The maximum atomic E-state index is 14.2. The minimum Gasteiger partial charge on any atom is -0.391 e. The third-order valence-electron chi connectivity index (χ3n) is 5.70. The summed E-state index contributed by atoms with van der Waals surface area (Å²) in [6.07, 6.45) is 5.00. The lowest BCUT2D eigenvalue weighted by Crippen LogP contribution is -2.50. The molecule has 0 unspecified atom stereocenters. The Hall–Kier alpha value is -4.32. The molecule has 4 aromatic rings. The van der Waals surface area contributed by atoms with Crippen molar-refractivity contribution in [2.45, 2.75) is 25.0 Å². The molecule has 1 aliphatic rings. The molecular formula is C22H21FN8O3. The molecule has 174 valence electrons. The van der Waals surface area contributed by atoms with Crippen LogP contribution in [0.25, 0.3) is 11.5 Å².